The van der Waals surface area contributed by atoms with Gasteiger partial charge in [0.2, 0.25) is 0 Å². The monoisotopic (exact) mass is 353 g/mol. The molecular formula is C20H33O3S. The molecule has 1 aromatic carbocycles. The quantitative estimate of drug-likeness (QED) is 0.409. The van der Waals surface area contributed by atoms with Gasteiger partial charge in [0, 0.05) is 0 Å². The molecule has 1 rings (SSSR count). The molecule has 0 aliphatic carbocycles. The molecule has 0 aliphatic heterocycles. The minimum absolute atomic E-state index is 0.119. The Labute approximate surface area is 148 Å². The van der Waals surface area contributed by atoms with Crippen molar-refractivity contribution < 1.29 is 13.2 Å². The van der Waals surface area contributed by atoms with E-state index in [1.165, 1.54) is 57.8 Å². The molecule has 0 saturated heterocycles. The van der Waals surface area contributed by atoms with Crippen LogP contribution < -0.4 is 4.74 Å². The lowest BCUT2D eigenvalue weighted by Gasteiger charge is -2.07. The molecule has 3 nitrogen and oxygen atoms in total. The summed E-state index contributed by atoms with van der Waals surface area (Å²) in [5.41, 5.74) is 0. The van der Waals surface area contributed by atoms with Crippen molar-refractivity contribution in [3.63, 3.8) is 0 Å². The van der Waals surface area contributed by atoms with Gasteiger partial charge in [0.25, 0.3) is 0 Å². The maximum absolute atomic E-state index is 11.7. The molecule has 0 bridgehead atoms. The summed E-state index contributed by atoms with van der Waals surface area (Å²) in [6.07, 6.45) is 13.0. The molecule has 1 aromatic rings. The predicted octanol–water partition coefficient (Wildman–Crippen LogP) is 5.59. The van der Waals surface area contributed by atoms with E-state index in [0.29, 0.717) is 11.5 Å². The van der Waals surface area contributed by atoms with E-state index in [0.717, 1.165) is 12.2 Å². The van der Waals surface area contributed by atoms with E-state index >= 15 is 0 Å². The summed E-state index contributed by atoms with van der Waals surface area (Å²) in [5, 5.41) is 0. The zero-order valence-corrected chi connectivity index (χ0v) is 16.0. The van der Waals surface area contributed by atoms with Crippen LogP contribution in [-0.4, -0.2) is 20.8 Å². The van der Waals surface area contributed by atoms with E-state index in [1.54, 1.807) is 24.3 Å². The van der Waals surface area contributed by atoms with Crippen LogP contribution in [-0.2, 0) is 9.84 Å². The molecule has 0 atom stereocenters. The van der Waals surface area contributed by atoms with E-state index in [2.05, 4.69) is 13.8 Å². The van der Waals surface area contributed by atoms with E-state index in [4.69, 9.17) is 4.74 Å². The third-order valence-corrected chi connectivity index (χ3v) is 5.75. The normalized spacial score (nSPS) is 11.6. The lowest BCUT2D eigenvalue weighted by Crippen LogP contribution is -2.04. The lowest BCUT2D eigenvalue weighted by atomic mass is 10.1. The Morgan fingerprint density at radius 3 is 1.83 bits per heavy atom. The molecule has 0 fully saturated rings. The van der Waals surface area contributed by atoms with Crippen LogP contribution in [0.15, 0.2) is 29.2 Å². The van der Waals surface area contributed by atoms with Crippen molar-refractivity contribution in [1.82, 2.24) is 0 Å². The van der Waals surface area contributed by atoms with Gasteiger partial charge in [-0.2, -0.15) is 0 Å². The van der Waals surface area contributed by atoms with Gasteiger partial charge in [0.05, 0.1) is 17.3 Å². The minimum Gasteiger partial charge on any atom is -0.494 e. The molecule has 137 valence electrons. The Bertz CT molecular complexity index is 520. The van der Waals surface area contributed by atoms with E-state index < -0.39 is 9.84 Å². The number of rotatable bonds is 14. The molecule has 0 aromatic heterocycles. The molecule has 0 N–H and O–H groups in total. The highest BCUT2D eigenvalue weighted by Gasteiger charge is 2.10. The Balaban J connectivity index is 2.05. The fraction of sp³-hybridized carbons (Fsp3) is 0.650. The van der Waals surface area contributed by atoms with Crippen molar-refractivity contribution in [1.29, 1.82) is 0 Å². The van der Waals surface area contributed by atoms with Crippen molar-refractivity contribution >= 4 is 9.84 Å². The Morgan fingerprint density at radius 1 is 0.833 bits per heavy atom. The predicted molar refractivity (Wildman–Crippen MR) is 101 cm³/mol. The van der Waals surface area contributed by atoms with Crippen LogP contribution >= 0.6 is 0 Å². The van der Waals surface area contributed by atoms with Crippen molar-refractivity contribution in [3.05, 3.63) is 31.2 Å². The lowest BCUT2D eigenvalue weighted by molar-refractivity contribution is 0.304. The first-order chi connectivity index (χ1) is 11.6. The van der Waals surface area contributed by atoms with E-state index in [9.17, 15) is 8.42 Å². The Hall–Kier alpha value is -1.03. The number of unbranched alkanes of at least 4 members (excludes halogenated alkanes) is 9. The van der Waals surface area contributed by atoms with E-state index in [-0.39, 0.29) is 5.75 Å². The average molecular weight is 354 g/mol. The average Bonchev–Trinajstić information content (AvgIpc) is 2.60. The largest absolute Gasteiger partial charge is 0.494 e. The molecule has 0 unspecified atom stereocenters. The topological polar surface area (TPSA) is 43.4 Å². The summed E-state index contributed by atoms with van der Waals surface area (Å²) in [4.78, 5) is 0.309. The second kappa shape index (κ2) is 12.3. The molecule has 0 saturated carbocycles. The zero-order chi connectivity index (χ0) is 17.7. The van der Waals surface area contributed by atoms with Gasteiger partial charge in [-0.1, -0.05) is 64.7 Å². The summed E-state index contributed by atoms with van der Waals surface area (Å²) in [6.45, 7) is 6.39. The third kappa shape index (κ3) is 8.72. The number of hydrogen-bond acceptors (Lipinski definition) is 3. The highest BCUT2D eigenvalue weighted by Crippen LogP contribution is 2.17. The van der Waals surface area contributed by atoms with Gasteiger partial charge in [0.1, 0.15) is 5.75 Å². The number of benzene rings is 1. The van der Waals surface area contributed by atoms with Crippen molar-refractivity contribution in [2.24, 2.45) is 0 Å². The smallest absolute Gasteiger partial charge is 0.178 e. The molecule has 0 heterocycles. The van der Waals surface area contributed by atoms with Gasteiger partial charge in [-0.25, -0.2) is 8.42 Å². The molecular weight excluding hydrogens is 320 g/mol. The van der Waals surface area contributed by atoms with Crippen molar-refractivity contribution in [2.75, 3.05) is 12.4 Å². The van der Waals surface area contributed by atoms with Crippen molar-refractivity contribution in [3.8, 4) is 5.75 Å². The molecule has 1 radical (unpaired) electrons. The SMILES string of the molecule is [CH2]CS(=O)(=O)c1ccc(OCCCCCCCCCCCC)cc1. The summed E-state index contributed by atoms with van der Waals surface area (Å²) in [5.74, 6) is 0.611. The summed E-state index contributed by atoms with van der Waals surface area (Å²) in [6, 6.07) is 6.63. The van der Waals surface area contributed by atoms with Crippen LogP contribution in [0.5, 0.6) is 5.75 Å². The maximum atomic E-state index is 11.7. The first kappa shape index (κ1) is 21.0. The van der Waals surface area contributed by atoms with Gasteiger partial charge >= 0.3 is 0 Å². The van der Waals surface area contributed by atoms with Crippen LogP contribution in [0.1, 0.15) is 71.1 Å². The van der Waals surface area contributed by atoms with Crippen LogP contribution in [0.25, 0.3) is 0 Å². The fourth-order valence-electron chi connectivity index (χ4n) is 2.64. The van der Waals surface area contributed by atoms with Gasteiger partial charge < -0.3 is 4.74 Å². The van der Waals surface area contributed by atoms with Gasteiger partial charge in [0.15, 0.2) is 9.84 Å². The Kier molecular flexibility index (Phi) is 10.8. The number of hydrogen-bond donors (Lipinski definition) is 0. The first-order valence-electron chi connectivity index (χ1n) is 9.35. The second-order valence-electron chi connectivity index (χ2n) is 6.32. The zero-order valence-electron chi connectivity index (χ0n) is 15.1. The summed E-state index contributed by atoms with van der Waals surface area (Å²) in [7, 11) is -3.23. The van der Waals surface area contributed by atoms with Gasteiger partial charge in [-0.3, -0.25) is 0 Å². The highest BCUT2D eigenvalue weighted by atomic mass is 32.2. The van der Waals surface area contributed by atoms with Crippen LogP contribution in [0.3, 0.4) is 0 Å². The molecule has 0 aliphatic rings. The minimum atomic E-state index is -3.23. The summed E-state index contributed by atoms with van der Waals surface area (Å²) < 4.78 is 29.0. The standard InChI is InChI=1S/C20H33O3S/c1-3-5-6-7-8-9-10-11-12-13-18-23-19-14-16-20(17-15-19)24(21,22)4-2/h14-17H,2-13,18H2,1H3. The van der Waals surface area contributed by atoms with Crippen LogP contribution in [0, 0.1) is 6.92 Å². The fourth-order valence-corrected chi connectivity index (χ4v) is 3.43. The summed E-state index contributed by atoms with van der Waals surface area (Å²) >= 11 is 0. The van der Waals surface area contributed by atoms with Gasteiger partial charge in [-0.05, 0) is 37.6 Å². The maximum Gasteiger partial charge on any atom is 0.178 e. The third-order valence-electron chi connectivity index (χ3n) is 4.22. The molecule has 4 heteroatoms. The van der Waals surface area contributed by atoms with E-state index in [1.807, 2.05) is 0 Å². The van der Waals surface area contributed by atoms with Crippen molar-refractivity contribution in [2.45, 2.75) is 76.0 Å². The van der Waals surface area contributed by atoms with Gasteiger partial charge in [-0.15, -0.1) is 0 Å². The molecule has 24 heavy (non-hydrogen) atoms. The second-order valence-corrected chi connectivity index (χ2v) is 8.43. The first-order valence-corrected chi connectivity index (χ1v) is 11.0. The number of ether oxygens (including phenoxy) is 1. The Morgan fingerprint density at radius 2 is 1.33 bits per heavy atom. The molecule has 0 amide bonds. The van der Waals surface area contributed by atoms with Crippen LogP contribution in [0.2, 0.25) is 0 Å². The highest BCUT2D eigenvalue weighted by molar-refractivity contribution is 7.91. The number of sulfone groups is 1. The molecule has 0 spiro atoms. The van der Waals surface area contributed by atoms with Crippen LogP contribution in [0.4, 0.5) is 0 Å².